The van der Waals surface area contributed by atoms with E-state index in [9.17, 15) is 0 Å². The molecule has 0 amide bonds. The summed E-state index contributed by atoms with van der Waals surface area (Å²) in [4.78, 5) is 11.7. The lowest BCUT2D eigenvalue weighted by atomic mass is 9.92. The molecule has 0 aliphatic carbocycles. The zero-order valence-electron chi connectivity index (χ0n) is 13.1. The highest BCUT2D eigenvalue weighted by Crippen LogP contribution is 2.30. The molecule has 0 saturated carbocycles. The fourth-order valence-electron chi connectivity index (χ4n) is 3.04. The number of nitrogens with zero attached hydrogens (tertiary/aromatic N) is 3. The van der Waals surface area contributed by atoms with E-state index in [1.165, 1.54) is 12.8 Å². The average Bonchev–Trinajstić information content (AvgIpc) is 2.93. The number of hydrazine groups is 1. The van der Waals surface area contributed by atoms with Crippen molar-refractivity contribution in [1.29, 1.82) is 0 Å². The summed E-state index contributed by atoms with van der Waals surface area (Å²) in [5.74, 6) is 6.94. The van der Waals surface area contributed by atoms with Gasteiger partial charge in [-0.05, 0) is 19.4 Å². The number of nitrogens with two attached hydrogens (primary N) is 1. The van der Waals surface area contributed by atoms with Gasteiger partial charge in [-0.2, -0.15) is 0 Å². The van der Waals surface area contributed by atoms with Crippen LogP contribution in [0.3, 0.4) is 0 Å². The molecule has 6 nitrogen and oxygen atoms in total. The van der Waals surface area contributed by atoms with E-state index in [4.69, 9.17) is 15.6 Å². The highest BCUT2D eigenvalue weighted by Gasteiger charge is 2.34. The van der Waals surface area contributed by atoms with Gasteiger partial charge in [-0.1, -0.05) is 20.8 Å². The van der Waals surface area contributed by atoms with Crippen molar-refractivity contribution in [2.45, 2.75) is 51.2 Å². The SMILES string of the molecule is CC(C)(C)c1cc(NN)nc(C2CN3CCCC3CO2)n1. The maximum absolute atomic E-state index is 6.01. The molecular weight excluding hydrogens is 266 g/mol. The Morgan fingerprint density at radius 1 is 1.38 bits per heavy atom. The Bertz CT molecular complexity index is 513. The largest absolute Gasteiger partial charge is 0.367 e. The van der Waals surface area contributed by atoms with Crippen LogP contribution in [-0.2, 0) is 10.2 Å². The van der Waals surface area contributed by atoms with Crippen molar-refractivity contribution in [1.82, 2.24) is 14.9 Å². The first kappa shape index (κ1) is 14.7. The van der Waals surface area contributed by atoms with Gasteiger partial charge in [0.15, 0.2) is 5.82 Å². The Morgan fingerprint density at radius 2 is 2.19 bits per heavy atom. The molecular formula is C15H25N5O. The van der Waals surface area contributed by atoms with Crippen LogP contribution in [0.2, 0.25) is 0 Å². The number of nitrogens with one attached hydrogen (secondary N) is 1. The van der Waals surface area contributed by atoms with Crippen LogP contribution >= 0.6 is 0 Å². The average molecular weight is 291 g/mol. The fraction of sp³-hybridized carbons (Fsp3) is 0.733. The summed E-state index contributed by atoms with van der Waals surface area (Å²) in [7, 11) is 0. The number of fused-ring (bicyclic) bond motifs is 1. The Hall–Kier alpha value is -1.24. The molecule has 0 radical (unpaired) electrons. The van der Waals surface area contributed by atoms with Crippen LogP contribution in [0, 0.1) is 0 Å². The maximum atomic E-state index is 6.01. The van der Waals surface area contributed by atoms with E-state index >= 15 is 0 Å². The second kappa shape index (κ2) is 5.51. The first-order valence-electron chi connectivity index (χ1n) is 7.69. The highest BCUT2D eigenvalue weighted by molar-refractivity contribution is 5.37. The maximum Gasteiger partial charge on any atom is 0.161 e. The van der Waals surface area contributed by atoms with Gasteiger partial charge >= 0.3 is 0 Å². The lowest BCUT2D eigenvalue weighted by Gasteiger charge is -2.34. The van der Waals surface area contributed by atoms with Crippen LogP contribution in [-0.4, -0.2) is 40.6 Å². The zero-order chi connectivity index (χ0) is 15.0. The van der Waals surface area contributed by atoms with Gasteiger partial charge in [0.2, 0.25) is 0 Å². The van der Waals surface area contributed by atoms with E-state index < -0.39 is 0 Å². The Labute approximate surface area is 126 Å². The van der Waals surface area contributed by atoms with Crippen molar-refractivity contribution in [3.05, 3.63) is 17.6 Å². The van der Waals surface area contributed by atoms with Gasteiger partial charge in [0.05, 0.1) is 12.3 Å². The van der Waals surface area contributed by atoms with Crippen LogP contribution in [0.5, 0.6) is 0 Å². The summed E-state index contributed by atoms with van der Waals surface area (Å²) >= 11 is 0. The van der Waals surface area contributed by atoms with Crippen LogP contribution in [0.25, 0.3) is 0 Å². The molecule has 21 heavy (non-hydrogen) atoms. The molecule has 2 aliphatic heterocycles. The van der Waals surface area contributed by atoms with Gasteiger partial charge < -0.3 is 10.2 Å². The Balaban J connectivity index is 1.87. The second-order valence-electron chi connectivity index (χ2n) is 7.00. The van der Waals surface area contributed by atoms with E-state index in [2.05, 4.69) is 36.1 Å². The lowest BCUT2D eigenvalue weighted by Crippen LogP contribution is -2.43. The van der Waals surface area contributed by atoms with Gasteiger partial charge in [-0.25, -0.2) is 15.8 Å². The topological polar surface area (TPSA) is 76.3 Å². The van der Waals surface area contributed by atoms with Gasteiger partial charge in [-0.3, -0.25) is 4.90 Å². The summed E-state index contributed by atoms with van der Waals surface area (Å²) in [6.45, 7) is 9.22. The fourth-order valence-corrected chi connectivity index (χ4v) is 3.04. The molecule has 1 aromatic heterocycles. The summed E-state index contributed by atoms with van der Waals surface area (Å²) in [6.07, 6.45) is 2.44. The smallest absolute Gasteiger partial charge is 0.161 e. The summed E-state index contributed by atoms with van der Waals surface area (Å²) in [5.41, 5.74) is 3.58. The van der Waals surface area contributed by atoms with Crippen LogP contribution in [0.4, 0.5) is 5.82 Å². The van der Waals surface area contributed by atoms with E-state index in [0.717, 1.165) is 31.2 Å². The minimum atomic E-state index is -0.0613. The Kier molecular flexibility index (Phi) is 3.86. The van der Waals surface area contributed by atoms with Gasteiger partial charge in [0.25, 0.3) is 0 Å². The molecule has 3 N–H and O–H groups in total. The molecule has 2 fully saturated rings. The predicted octanol–water partition coefficient (Wildman–Crippen LogP) is 1.60. The molecule has 3 rings (SSSR count). The summed E-state index contributed by atoms with van der Waals surface area (Å²) in [6, 6.07) is 2.49. The molecule has 3 heterocycles. The molecule has 2 aliphatic rings. The quantitative estimate of drug-likeness (QED) is 0.636. The Morgan fingerprint density at radius 3 is 2.90 bits per heavy atom. The second-order valence-corrected chi connectivity index (χ2v) is 7.00. The standard InChI is InChI=1S/C15H25N5O/c1-15(2,3)12-7-13(19-16)18-14(17-12)11-8-20-6-4-5-10(20)9-21-11/h7,10-11H,4-6,8-9,16H2,1-3H3,(H,17,18,19). The van der Waals surface area contributed by atoms with Crippen LogP contribution in [0.15, 0.2) is 6.07 Å². The van der Waals surface area contributed by atoms with E-state index in [0.29, 0.717) is 11.9 Å². The van der Waals surface area contributed by atoms with Gasteiger partial charge in [0.1, 0.15) is 11.9 Å². The van der Waals surface area contributed by atoms with Crippen molar-refractivity contribution in [3.8, 4) is 0 Å². The number of hydrogen-bond acceptors (Lipinski definition) is 6. The molecule has 2 saturated heterocycles. The van der Waals surface area contributed by atoms with Crippen molar-refractivity contribution in [2.75, 3.05) is 25.1 Å². The van der Waals surface area contributed by atoms with Crippen molar-refractivity contribution < 1.29 is 4.74 Å². The van der Waals surface area contributed by atoms with Crippen molar-refractivity contribution >= 4 is 5.82 Å². The predicted molar refractivity (Wildman–Crippen MR) is 81.8 cm³/mol. The third kappa shape index (κ3) is 3.02. The van der Waals surface area contributed by atoms with Crippen LogP contribution < -0.4 is 11.3 Å². The number of ether oxygens (including phenoxy) is 1. The van der Waals surface area contributed by atoms with E-state index in [1.54, 1.807) is 0 Å². The summed E-state index contributed by atoms with van der Waals surface area (Å²) < 4.78 is 6.01. The number of morpholine rings is 1. The highest BCUT2D eigenvalue weighted by atomic mass is 16.5. The lowest BCUT2D eigenvalue weighted by molar-refractivity contribution is -0.0542. The van der Waals surface area contributed by atoms with Crippen molar-refractivity contribution in [2.24, 2.45) is 5.84 Å². The third-order valence-corrected chi connectivity index (χ3v) is 4.34. The molecule has 0 bridgehead atoms. The van der Waals surface area contributed by atoms with Crippen molar-refractivity contribution in [3.63, 3.8) is 0 Å². The molecule has 0 aromatic carbocycles. The van der Waals surface area contributed by atoms with Crippen LogP contribution in [0.1, 0.15) is 51.2 Å². The molecule has 6 heteroatoms. The summed E-state index contributed by atoms with van der Waals surface area (Å²) in [5, 5.41) is 0. The van der Waals surface area contributed by atoms with E-state index in [1.807, 2.05) is 6.07 Å². The van der Waals surface area contributed by atoms with Gasteiger partial charge in [0, 0.05) is 24.1 Å². The number of aromatic nitrogens is 2. The molecule has 2 unspecified atom stereocenters. The monoisotopic (exact) mass is 291 g/mol. The number of anilines is 1. The molecule has 2 atom stereocenters. The molecule has 1 aromatic rings. The first-order chi connectivity index (χ1) is 9.97. The number of hydrogen-bond donors (Lipinski definition) is 2. The van der Waals surface area contributed by atoms with Gasteiger partial charge in [-0.15, -0.1) is 0 Å². The number of nitrogen functional groups attached to an aromatic ring is 1. The van der Waals surface area contributed by atoms with E-state index in [-0.39, 0.29) is 11.5 Å². The number of rotatable bonds is 2. The third-order valence-electron chi connectivity index (χ3n) is 4.34. The molecule has 116 valence electrons. The minimum absolute atomic E-state index is 0.0475. The minimum Gasteiger partial charge on any atom is -0.367 e. The zero-order valence-corrected chi connectivity index (χ0v) is 13.1. The first-order valence-corrected chi connectivity index (χ1v) is 7.69. The normalized spacial score (nSPS) is 26.7. The molecule has 0 spiro atoms.